The molecule has 0 bridgehead atoms. The van der Waals surface area contributed by atoms with Gasteiger partial charge in [-0.3, -0.25) is 0 Å². The van der Waals surface area contributed by atoms with Crippen LogP contribution in [0, 0.1) is 0 Å². The van der Waals surface area contributed by atoms with Crippen molar-refractivity contribution < 1.29 is 65.2 Å². The van der Waals surface area contributed by atoms with Gasteiger partial charge in [0.25, 0.3) is 0 Å². The summed E-state index contributed by atoms with van der Waals surface area (Å²) in [4.78, 5) is 29.3. The second-order valence-electron chi connectivity index (χ2n) is 0.946. The summed E-state index contributed by atoms with van der Waals surface area (Å²) in [5.41, 5.74) is 0. The summed E-state index contributed by atoms with van der Waals surface area (Å²) < 4.78 is 0. The first kappa shape index (κ1) is 17.2. The van der Waals surface area contributed by atoms with E-state index >= 15 is 0 Å². The van der Waals surface area contributed by atoms with Gasteiger partial charge < -0.3 is 35.7 Å². The molecule has 0 heterocycles. The molecular weight excluding hydrogens is 174 g/mol. The second-order valence-corrected chi connectivity index (χ2v) is 2.15. The number of hydrogen-bond donors (Lipinski definition) is 7. The molecule has 0 amide bonds. The van der Waals surface area contributed by atoms with E-state index in [1.165, 1.54) is 0 Å². The molecule has 58 valence electrons. The second kappa shape index (κ2) is 8.10. The third-order valence-corrected chi connectivity index (χ3v) is 0. The Hall–Kier alpha value is 1.00. The molecule has 7 nitrogen and oxygen atoms in total. The van der Waals surface area contributed by atoms with Gasteiger partial charge in [-0.05, 0) is 0 Å². The van der Waals surface area contributed by atoms with E-state index in [0.717, 1.165) is 0 Å². The van der Waals surface area contributed by atoms with Crippen molar-refractivity contribution in [1.82, 2.24) is 0 Å². The predicted molar refractivity (Wildman–Crippen MR) is 28.2 cm³/mol. The smallest absolute Gasteiger partial charge is 1.00 e. The summed E-state index contributed by atoms with van der Waals surface area (Å²) in [6, 6.07) is 0. The van der Waals surface area contributed by atoms with E-state index in [1.54, 1.807) is 0 Å². The fourth-order valence-corrected chi connectivity index (χ4v) is 0. The topological polar surface area (TPSA) is 142 Å². The third kappa shape index (κ3) is 574. The van der Waals surface area contributed by atoms with Crippen molar-refractivity contribution in [2.45, 2.75) is 0 Å². The van der Waals surface area contributed by atoms with Crippen LogP contribution in [0.3, 0.4) is 0 Å². The molecule has 0 unspecified atom stereocenters. The molecule has 0 aliphatic carbocycles. The molecule has 0 spiro atoms. The average Bonchev–Trinajstić information content (AvgIpc) is 1.19. The maximum absolute atomic E-state index is 7.33. The molecule has 7 N–H and O–H groups in total. The minimum absolute atomic E-state index is 0. The molecule has 0 aromatic carbocycles. The number of rotatable bonds is 0. The van der Waals surface area contributed by atoms with E-state index in [4.69, 9.17) is 34.3 Å². The Bertz CT molecular complexity index is 55.2. The molecule has 10 heavy (non-hydrogen) atoms. The van der Waals surface area contributed by atoms with Gasteiger partial charge in [-0.1, -0.05) is 0 Å². The summed E-state index contributed by atoms with van der Waals surface area (Å²) >= 11 is 0. The third-order valence-electron chi connectivity index (χ3n) is 0. The zero-order valence-electron chi connectivity index (χ0n) is 6.21. The van der Waals surface area contributed by atoms with Crippen LogP contribution in [-0.2, 0) is 0 Å². The van der Waals surface area contributed by atoms with Crippen LogP contribution >= 0.6 is 0 Å². The molecule has 0 atom stereocenters. The van der Waals surface area contributed by atoms with Crippen LogP contribution in [0.25, 0.3) is 0 Å². The molecular formula is H8BNaO7Si. The molecule has 0 saturated heterocycles. The first-order chi connectivity index (χ1) is 3.73. The Balaban J connectivity index is -0.0000000383. The average molecular weight is 182 g/mol. The zero-order valence-corrected chi connectivity index (χ0v) is 8.21. The largest absolute Gasteiger partial charge is 1.00 e. The molecule has 10 heteroatoms. The van der Waals surface area contributed by atoms with E-state index in [1.807, 2.05) is 0 Å². The monoisotopic (exact) mass is 182 g/mol. The minimum Gasteiger partial charge on any atom is -1.00 e. The Labute approximate surface area is 81.6 Å². The molecule has 0 radical (unpaired) electrons. The quantitative estimate of drug-likeness (QED) is 0.184. The Morgan fingerprint density at radius 1 is 0.900 bits per heavy atom. The maximum Gasteiger partial charge on any atom is 1.00 e. The van der Waals surface area contributed by atoms with Crippen molar-refractivity contribution >= 4 is 16.4 Å². The number of hydrogen-bond acceptors (Lipinski definition) is 7. The summed E-state index contributed by atoms with van der Waals surface area (Å²) in [6.45, 7) is 0. The molecule has 0 aromatic heterocycles. The first-order valence-electron chi connectivity index (χ1n) is 1.67. The predicted octanol–water partition coefficient (Wildman–Crippen LogP) is -7.54. The van der Waals surface area contributed by atoms with Crippen molar-refractivity contribution in [1.29, 1.82) is 0 Å². The summed E-state index contributed by atoms with van der Waals surface area (Å²) in [6.07, 6.45) is 0. The van der Waals surface area contributed by atoms with Gasteiger partial charge in [0, 0.05) is 0 Å². The van der Waals surface area contributed by atoms with Gasteiger partial charge >= 0.3 is 45.9 Å². The standard InChI is InChI=1S/BH3O3.Na.H4O4Si.H/c2-1(3)4;;1-5(2,3)4;/h2-4H;;1-4H;/q;+1;;-1. The SMILES string of the molecule is OB(O)O.O[Si](O)(O)O.[H-].[Na+]. The van der Waals surface area contributed by atoms with Gasteiger partial charge in [0.15, 0.2) is 0 Å². The fraction of sp³-hybridized carbons (Fsp3) is 0. The van der Waals surface area contributed by atoms with Gasteiger partial charge in [0.2, 0.25) is 0 Å². The molecule has 0 aromatic rings. The van der Waals surface area contributed by atoms with Crippen LogP contribution < -0.4 is 29.6 Å². The van der Waals surface area contributed by atoms with Crippen LogP contribution in [0.2, 0.25) is 0 Å². The summed E-state index contributed by atoms with van der Waals surface area (Å²) in [5.74, 6) is 0. The van der Waals surface area contributed by atoms with E-state index < -0.39 is 16.4 Å². The Kier molecular flexibility index (Phi) is 13.9. The summed E-state index contributed by atoms with van der Waals surface area (Å²) in [7, 11) is -6.78. The first-order valence-corrected chi connectivity index (χ1v) is 3.46. The van der Waals surface area contributed by atoms with E-state index in [9.17, 15) is 0 Å². The Morgan fingerprint density at radius 3 is 0.900 bits per heavy atom. The minimum atomic E-state index is -4.61. The van der Waals surface area contributed by atoms with Crippen LogP contribution in [-0.4, -0.2) is 50.6 Å². The van der Waals surface area contributed by atoms with Crippen molar-refractivity contribution in [2.75, 3.05) is 0 Å². The van der Waals surface area contributed by atoms with Crippen molar-refractivity contribution in [3.63, 3.8) is 0 Å². The normalized spacial score (nSPS) is 8.70. The van der Waals surface area contributed by atoms with E-state index in [0.29, 0.717) is 0 Å². The van der Waals surface area contributed by atoms with Gasteiger partial charge in [-0.2, -0.15) is 0 Å². The van der Waals surface area contributed by atoms with Crippen molar-refractivity contribution in [2.24, 2.45) is 0 Å². The maximum atomic E-state index is 7.33. The van der Waals surface area contributed by atoms with Gasteiger partial charge in [-0.25, -0.2) is 0 Å². The molecule has 0 aliphatic rings. The Morgan fingerprint density at radius 2 is 0.900 bits per heavy atom. The van der Waals surface area contributed by atoms with Crippen LogP contribution in [0.1, 0.15) is 1.43 Å². The fourth-order valence-electron chi connectivity index (χ4n) is 0. The van der Waals surface area contributed by atoms with Crippen LogP contribution in [0.5, 0.6) is 0 Å². The molecule has 0 fully saturated rings. The molecule has 0 rings (SSSR count). The zero-order chi connectivity index (χ0) is 8.08. The summed E-state index contributed by atoms with van der Waals surface area (Å²) in [5, 5.41) is 21.5. The van der Waals surface area contributed by atoms with Gasteiger partial charge in [-0.15, -0.1) is 0 Å². The van der Waals surface area contributed by atoms with Gasteiger partial charge in [0.05, 0.1) is 0 Å². The van der Waals surface area contributed by atoms with E-state index in [-0.39, 0.29) is 31.0 Å². The molecule has 0 aliphatic heterocycles. The van der Waals surface area contributed by atoms with Gasteiger partial charge in [0.1, 0.15) is 0 Å². The van der Waals surface area contributed by atoms with Crippen molar-refractivity contribution in [3.05, 3.63) is 0 Å². The molecule has 0 saturated carbocycles. The van der Waals surface area contributed by atoms with Crippen LogP contribution in [0.4, 0.5) is 0 Å². The van der Waals surface area contributed by atoms with Crippen molar-refractivity contribution in [3.8, 4) is 0 Å². The van der Waals surface area contributed by atoms with Crippen LogP contribution in [0.15, 0.2) is 0 Å². The van der Waals surface area contributed by atoms with E-state index in [2.05, 4.69) is 0 Å².